The third-order valence-corrected chi connectivity index (χ3v) is 3.47. The number of oxazole rings is 1. The Morgan fingerprint density at radius 2 is 2.22 bits per heavy atom. The Kier molecular flexibility index (Phi) is 2.38. The van der Waals surface area contributed by atoms with Gasteiger partial charge in [-0.15, -0.1) is 0 Å². The molecular formula is C13H15N3O2. The van der Waals surface area contributed by atoms with Crippen LogP contribution in [0.2, 0.25) is 0 Å². The van der Waals surface area contributed by atoms with Crippen molar-refractivity contribution in [2.45, 2.75) is 25.2 Å². The van der Waals surface area contributed by atoms with E-state index in [0.29, 0.717) is 5.89 Å². The van der Waals surface area contributed by atoms with Crippen LogP contribution in [0.5, 0.6) is 0 Å². The van der Waals surface area contributed by atoms with Gasteiger partial charge in [-0.3, -0.25) is 10.2 Å². The maximum atomic E-state index is 12.0. The van der Waals surface area contributed by atoms with E-state index >= 15 is 0 Å². The Morgan fingerprint density at radius 3 is 2.89 bits per heavy atom. The number of nitrogens with zero attached hydrogens (tertiary/aromatic N) is 1. The van der Waals surface area contributed by atoms with Crippen molar-refractivity contribution in [1.29, 1.82) is 0 Å². The van der Waals surface area contributed by atoms with Gasteiger partial charge in [-0.25, -0.2) is 10.4 Å². The summed E-state index contributed by atoms with van der Waals surface area (Å²) in [7, 11) is 1.69. The van der Waals surface area contributed by atoms with Gasteiger partial charge < -0.3 is 4.42 Å². The zero-order valence-electron chi connectivity index (χ0n) is 10.4. The molecule has 5 heteroatoms. The molecule has 0 bridgehead atoms. The summed E-state index contributed by atoms with van der Waals surface area (Å²) in [6, 6.07) is 5.80. The molecule has 3 rings (SSSR count). The van der Waals surface area contributed by atoms with E-state index in [1.54, 1.807) is 7.05 Å². The lowest BCUT2D eigenvalue weighted by molar-refractivity contribution is -0.124. The van der Waals surface area contributed by atoms with Gasteiger partial charge in [0.1, 0.15) is 5.52 Å². The van der Waals surface area contributed by atoms with Gasteiger partial charge in [0.15, 0.2) is 11.5 Å². The van der Waals surface area contributed by atoms with Crippen LogP contribution < -0.4 is 10.9 Å². The highest BCUT2D eigenvalue weighted by Gasteiger charge is 2.51. The SMILES string of the molecule is CNNC(=O)C1(c2ccc3nc(C)oc3c2)CC1. The van der Waals surface area contributed by atoms with Crippen LogP contribution >= 0.6 is 0 Å². The van der Waals surface area contributed by atoms with Gasteiger partial charge in [0.2, 0.25) is 5.91 Å². The number of hydrogen-bond donors (Lipinski definition) is 2. The van der Waals surface area contributed by atoms with Crippen LogP contribution in [-0.2, 0) is 10.2 Å². The minimum Gasteiger partial charge on any atom is -0.441 e. The molecule has 94 valence electrons. The molecular weight excluding hydrogens is 230 g/mol. The third kappa shape index (κ3) is 1.59. The number of rotatable bonds is 3. The van der Waals surface area contributed by atoms with Crippen LogP contribution in [0.25, 0.3) is 11.1 Å². The minimum absolute atomic E-state index is 0.0144. The first-order valence-electron chi connectivity index (χ1n) is 6.00. The van der Waals surface area contributed by atoms with Gasteiger partial charge >= 0.3 is 0 Å². The van der Waals surface area contributed by atoms with E-state index in [4.69, 9.17) is 4.42 Å². The molecule has 5 nitrogen and oxygen atoms in total. The highest BCUT2D eigenvalue weighted by molar-refractivity contribution is 5.92. The standard InChI is InChI=1S/C13H15N3O2/c1-8-15-10-4-3-9(7-11(10)18-8)13(5-6-13)12(17)16-14-2/h3-4,7,14H,5-6H2,1-2H3,(H,16,17). The number of carbonyl (C=O) groups is 1. The van der Waals surface area contributed by atoms with Gasteiger partial charge in [-0.2, -0.15) is 0 Å². The van der Waals surface area contributed by atoms with Gasteiger partial charge in [-0.1, -0.05) is 6.07 Å². The number of carbonyl (C=O) groups excluding carboxylic acids is 1. The first-order valence-corrected chi connectivity index (χ1v) is 6.00. The fourth-order valence-electron chi connectivity index (χ4n) is 2.34. The lowest BCUT2D eigenvalue weighted by Crippen LogP contribution is -2.41. The van der Waals surface area contributed by atoms with Crippen molar-refractivity contribution in [2.24, 2.45) is 0 Å². The highest BCUT2D eigenvalue weighted by Crippen LogP contribution is 2.48. The maximum absolute atomic E-state index is 12.0. The molecule has 1 fully saturated rings. The van der Waals surface area contributed by atoms with Crippen LogP contribution in [0.15, 0.2) is 22.6 Å². The maximum Gasteiger partial charge on any atom is 0.244 e. The predicted octanol–water partition coefficient (Wildman–Crippen LogP) is 1.42. The van der Waals surface area contributed by atoms with E-state index in [9.17, 15) is 4.79 Å². The molecule has 0 saturated heterocycles. The second-order valence-corrected chi connectivity index (χ2v) is 4.70. The Morgan fingerprint density at radius 1 is 1.44 bits per heavy atom. The van der Waals surface area contributed by atoms with Gasteiger partial charge in [0.05, 0.1) is 5.41 Å². The van der Waals surface area contributed by atoms with Gasteiger partial charge in [0.25, 0.3) is 0 Å². The third-order valence-electron chi connectivity index (χ3n) is 3.47. The summed E-state index contributed by atoms with van der Waals surface area (Å²) in [5.74, 6) is 0.660. The second kappa shape index (κ2) is 3.81. The highest BCUT2D eigenvalue weighted by atomic mass is 16.3. The molecule has 18 heavy (non-hydrogen) atoms. The van der Waals surface area contributed by atoms with Crippen LogP contribution in [0.1, 0.15) is 24.3 Å². The van der Waals surface area contributed by atoms with E-state index in [0.717, 1.165) is 29.5 Å². The summed E-state index contributed by atoms with van der Waals surface area (Å²) in [5.41, 5.74) is 7.54. The monoisotopic (exact) mass is 245 g/mol. The summed E-state index contributed by atoms with van der Waals surface area (Å²) in [4.78, 5) is 16.3. The molecule has 1 aliphatic rings. The van der Waals surface area contributed by atoms with Crippen molar-refractivity contribution in [3.8, 4) is 0 Å². The molecule has 0 atom stereocenters. The summed E-state index contributed by atoms with van der Waals surface area (Å²) in [5, 5.41) is 0. The summed E-state index contributed by atoms with van der Waals surface area (Å²) >= 11 is 0. The number of hydrogen-bond acceptors (Lipinski definition) is 4. The van der Waals surface area contributed by atoms with Crippen LogP contribution in [0.4, 0.5) is 0 Å². The molecule has 0 radical (unpaired) electrons. The number of amides is 1. The Balaban J connectivity index is 2.01. The summed E-state index contributed by atoms with van der Waals surface area (Å²) in [6.45, 7) is 1.82. The lowest BCUT2D eigenvalue weighted by Gasteiger charge is -2.14. The van der Waals surface area contributed by atoms with Crippen LogP contribution in [0, 0.1) is 6.92 Å². The normalized spacial score (nSPS) is 16.8. The zero-order valence-corrected chi connectivity index (χ0v) is 10.4. The smallest absolute Gasteiger partial charge is 0.244 e. The Hall–Kier alpha value is -1.88. The van der Waals surface area contributed by atoms with Crippen LogP contribution in [0.3, 0.4) is 0 Å². The van der Waals surface area contributed by atoms with E-state index in [1.165, 1.54) is 0 Å². The van der Waals surface area contributed by atoms with Crippen molar-refractivity contribution in [3.63, 3.8) is 0 Å². The zero-order chi connectivity index (χ0) is 12.8. The molecule has 1 aromatic heterocycles. The van der Waals surface area contributed by atoms with E-state index in [2.05, 4.69) is 15.8 Å². The predicted molar refractivity (Wildman–Crippen MR) is 66.9 cm³/mol. The molecule has 0 spiro atoms. The average Bonchev–Trinajstić information content (AvgIpc) is 3.06. The number of aryl methyl sites for hydroxylation is 1. The number of nitrogens with one attached hydrogen (secondary N) is 2. The van der Waals surface area contributed by atoms with Crippen molar-refractivity contribution < 1.29 is 9.21 Å². The lowest BCUT2D eigenvalue weighted by atomic mass is 9.95. The molecule has 0 unspecified atom stereocenters. The van der Waals surface area contributed by atoms with Crippen molar-refractivity contribution in [3.05, 3.63) is 29.7 Å². The topological polar surface area (TPSA) is 67.2 Å². The first-order chi connectivity index (χ1) is 8.65. The number of benzene rings is 1. The number of hydrazine groups is 1. The molecule has 1 aliphatic carbocycles. The van der Waals surface area contributed by atoms with Gasteiger partial charge in [-0.05, 0) is 30.5 Å². The minimum atomic E-state index is -0.391. The van der Waals surface area contributed by atoms with Crippen LogP contribution in [-0.4, -0.2) is 17.9 Å². The van der Waals surface area contributed by atoms with Crippen molar-refractivity contribution in [2.75, 3.05) is 7.05 Å². The second-order valence-electron chi connectivity index (χ2n) is 4.70. The van der Waals surface area contributed by atoms with E-state index in [1.807, 2.05) is 25.1 Å². The van der Waals surface area contributed by atoms with E-state index in [-0.39, 0.29) is 5.91 Å². The quantitative estimate of drug-likeness (QED) is 0.802. The number of fused-ring (bicyclic) bond motifs is 1. The van der Waals surface area contributed by atoms with Gasteiger partial charge in [0, 0.05) is 14.0 Å². The summed E-state index contributed by atoms with van der Waals surface area (Å²) in [6.07, 6.45) is 1.75. The number of aromatic nitrogens is 1. The van der Waals surface area contributed by atoms with Crippen molar-refractivity contribution >= 4 is 17.0 Å². The Bertz CT molecular complexity index is 614. The first kappa shape index (κ1) is 11.2. The Labute approximate surface area is 105 Å². The molecule has 1 heterocycles. The molecule has 1 saturated carbocycles. The molecule has 1 aromatic carbocycles. The fraction of sp³-hybridized carbons (Fsp3) is 0.385. The van der Waals surface area contributed by atoms with Crippen molar-refractivity contribution in [1.82, 2.24) is 15.8 Å². The largest absolute Gasteiger partial charge is 0.441 e. The fourth-order valence-corrected chi connectivity index (χ4v) is 2.34. The average molecular weight is 245 g/mol. The van der Waals surface area contributed by atoms with E-state index < -0.39 is 5.41 Å². The molecule has 2 aromatic rings. The molecule has 1 amide bonds. The molecule has 2 N–H and O–H groups in total. The summed E-state index contributed by atoms with van der Waals surface area (Å²) < 4.78 is 5.51. The molecule has 0 aliphatic heterocycles.